The summed E-state index contributed by atoms with van der Waals surface area (Å²) in [6.45, 7) is 4.07. The van der Waals surface area contributed by atoms with Crippen LogP contribution in [0.15, 0.2) is 46.8 Å². The molecule has 0 saturated carbocycles. The van der Waals surface area contributed by atoms with Crippen molar-refractivity contribution >= 4 is 23.5 Å². The Morgan fingerprint density at radius 2 is 2.03 bits per heavy atom. The van der Waals surface area contributed by atoms with Crippen molar-refractivity contribution in [1.82, 2.24) is 10.2 Å². The van der Waals surface area contributed by atoms with Crippen molar-refractivity contribution < 1.29 is 28.8 Å². The fourth-order valence-corrected chi connectivity index (χ4v) is 3.79. The minimum absolute atomic E-state index is 0.0650. The van der Waals surface area contributed by atoms with Gasteiger partial charge in [-0.3, -0.25) is 14.9 Å². The zero-order valence-electron chi connectivity index (χ0n) is 16.8. The number of hydrogen-bond acceptors (Lipinski definition) is 8. The van der Waals surface area contributed by atoms with Gasteiger partial charge in [0.2, 0.25) is 0 Å². The maximum Gasteiger partial charge on any atom is 0.337 e. The number of nitro benzene ring substituents is 1. The van der Waals surface area contributed by atoms with Crippen LogP contribution in [0.25, 0.3) is 0 Å². The average Bonchev–Trinajstić information content (AvgIpc) is 2.73. The largest absolute Gasteiger partial charge is 0.466 e. The van der Waals surface area contributed by atoms with Gasteiger partial charge in [-0.1, -0.05) is 12.1 Å². The number of esters is 2. The summed E-state index contributed by atoms with van der Waals surface area (Å²) >= 11 is 0. The molecule has 30 heavy (non-hydrogen) atoms. The number of fused-ring (bicyclic) bond motifs is 1. The molecule has 1 fully saturated rings. The van der Waals surface area contributed by atoms with E-state index in [1.807, 2.05) is 0 Å². The van der Waals surface area contributed by atoms with E-state index >= 15 is 0 Å². The Labute approximate surface area is 172 Å². The Bertz CT molecular complexity index is 996. The average molecular weight is 415 g/mol. The number of benzene rings is 1. The van der Waals surface area contributed by atoms with Gasteiger partial charge in [0.1, 0.15) is 5.70 Å². The summed E-state index contributed by atoms with van der Waals surface area (Å²) in [7, 11) is 1.17. The molecule has 158 valence electrons. The molecular weight excluding hydrogens is 394 g/mol. The van der Waals surface area contributed by atoms with Crippen molar-refractivity contribution in [3.05, 3.63) is 62.5 Å². The highest BCUT2D eigenvalue weighted by molar-refractivity contribution is 6.07. The number of nitrogens with zero attached hydrogens (tertiary/aromatic N) is 2. The molecular formula is C20H21N3O7. The lowest BCUT2D eigenvalue weighted by Gasteiger charge is -2.40. The van der Waals surface area contributed by atoms with E-state index < -0.39 is 28.7 Å². The summed E-state index contributed by atoms with van der Waals surface area (Å²) in [5.41, 5.74) is 0.674. The van der Waals surface area contributed by atoms with Gasteiger partial charge in [0.15, 0.2) is 0 Å². The first kappa shape index (κ1) is 21.0. The van der Waals surface area contributed by atoms with E-state index in [-0.39, 0.29) is 29.1 Å². The van der Waals surface area contributed by atoms with E-state index in [1.54, 1.807) is 24.8 Å². The van der Waals surface area contributed by atoms with Crippen molar-refractivity contribution in [1.29, 1.82) is 0 Å². The molecule has 0 spiro atoms. The highest BCUT2D eigenvalue weighted by atomic mass is 16.6. The lowest BCUT2D eigenvalue weighted by Crippen LogP contribution is -2.49. The second-order valence-electron chi connectivity index (χ2n) is 6.67. The molecule has 1 atom stereocenters. The molecule has 2 heterocycles. The summed E-state index contributed by atoms with van der Waals surface area (Å²) in [5.74, 6) is -3.03. The normalized spacial score (nSPS) is 18.6. The third kappa shape index (κ3) is 3.51. The molecule has 1 aromatic rings. The Balaban J connectivity index is 2.33. The molecule has 0 aliphatic carbocycles. The van der Waals surface area contributed by atoms with E-state index in [2.05, 4.69) is 5.32 Å². The van der Waals surface area contributed by atoms with Crippen LogP contribution in [0.4, 0.5) is 5.69 Å². The molecule has 1 N–H and O–H groups in total. The van der Waals surface area contributed by atoms with Crippen LogP contribution in [0.2, 0.25) is 0 Å². The zero-order valence-corrected chi connectivity index (χ0v) is 16.8. The van der Waals surface area contributed by atoms with Crippen molar-refractivity contribution in [3.8, 4) is 0 Å². The molecule has 1 amide bonds. The smallest absolute Gasteiger partial charge is 0.337 e. The second kappa shape index (κ2) is 8.36. The number of carbonyl (C=O) groups excluding carboxylic acids is 3. The maximum atomic E-state index is 12.9. The Morgan fingerprint density at radius 1 is 1.30 bits per heavy atom. The number of nitrogens with one attached hydrogen (secondary N) is 1. The van der Waals surface area contributed by atoms with Crippen LogP contribution in [0.5, 0.6) is 0 Å². The van der Waals surface area contributed by atoms with E-state index in [0.29, 0.717) is 24.4 Å². The van der Waals surface area contributed by atoms with Crippen LogP contribution in [0.1, 0.15) is 25.3 Å². The summed E-state index contributed by atoms with van der Waals surface area (Å²) in [4.78, 5) is 50.7. The van der Waals surface area contributed by atoms with Gasteiger partial charge in [-0.15, -0.1) is 0 Å². The highest BCUT2D eigenvalue weighted by Crippen LogP contribution is 2.44. The van der Waals surface area contributed by atoms with Gasteiger partial charge in [0.05, 0.1) is 35.7 Å². The van der Waals surface area contributed by atoms with Crippen LogP contribution >= 0.6 is 0 Å². The first-order chi connectivity index (χ1) is 14.3. The quantitative estimate of drug-likeness (QED) is 0.434. The number of nitro groups is 1. The molecule has 10 nitrogen and oxygen atoms in total. The van der Waals surface area contributed by atoms with Crippen molar-refractivity contribution in [2.45, 2.75) is 19.8 Å². The number of hydrogen-bond donors (Lipinski definition) is 1. The molecule has 1 aromatic carbocycles. The zero-order chi connectivity index (χ0) is 22.0. The summed E-state index contributed by atoms with van der Waals surface area (Å²) in [6, 6.07) is 5.59. The van der Waals surface area contributed by atoms with Crippen LogP contribution < -0.4 is 5.32 Å². The predicted octanol–water partition coefficient (Wildman–Crippen LogP) is 1.39. The number of rotatable bonds is 5. The SMILES string of the molecule is CCOC(=O)C1=C(C)N2CCNC(=O)C2=C(C(=O)OC)C1c1cccc([N+](=O)[O-])c1. The third-order valence-corrected chi connectivity index (χ3v) is 5.05. The van der Waals surface area contributed by atoms with Gasteiger partial charge in [0.25, 0.3) is 11.6 Å². The first-order valence-electron chi connectivity index (χ1n) is 9.32. The van der Waals surface area contributed by atoms with E-state index in [9.17, 15) is 24.5 Å². The fraction of sp³-hybridized carbons (Fsp3) is 0.350. The predicted molar refractivity (Wildman–Crippen MR) is 104 cm³/mol. The molecule has 0 aromatic heterocycles. The summed E-state index contributed by atoms with van der Waals surface area (Å²) in [5, 5.41) is 14.0. The molecule has 10 heteroatoms. The van der Waals surface area contributed by atoms with Crippen LogP contribution in [0.3, 0.4) is 0 Å². The number of amides is 1. The number of piperazine rings is 1. The number of non-ortho nitro benzene ring substituents is 1. The van der Waals surface area contributed by atoms with Gasteiger partial charge < -0.3 is 19.7 Å². The van der Waals surface area contributed by atoms with Gasteiger partial charge in [-0.2, -0.15) is 0 Å². The van der Waals surface area contributed by atoms with Crippen LogP contribution in [-0.4, -0.2) is 54.5 Å². The summed E-state index contributed by atoms with van der Waals surface area (Å²) in [6.07, 6.45) is 0. The number of carbonyl (C=O) groups is 3. The minimum atomic E-state index is -1.06. The minimum Gasteiger partial charge on any atom is -0.466 e. The molecule has 3 rings (SSSR count). The molecule has 2 aliphatic heterocycles. The Kier molecular flexibility index (Phi) is 5.86. The van der Waals surface area contributed by atoms with Crippen LogP contribution in [-0.2, 0) is 23.9 Å². The van der Waals surface area contributed by atoms with Gasteiger partial charge in [-0.25, -0.2) is 9.59 Å². The molecule has 0 bridgehead atoms. The van der Waals surface area contributed by atoms with Crippen molar-refractivity contribution in [2.75, 3.05) is 26.8 Å². The molecule has 0 radical (unpaired) electrons. The number of allylic oxidation sites excluding steroid dienone is 1. The topological polar surface area (TPSA) is 128 Å². The lowest BCUT2D eigenvalue weighted by molar-refractivity contribution is -0.384. The number of ether oxygens (including phenoxy) is 2. The standard InChI is InChI=1S/C20H21N3O7/c1-4-30-20(26)14-11(2)22-9-8-21-18(24)17(22)16(19(25)29-3)15(14)12-6-5-7-13(10-12)23(27)28/h5-7,10,15H,4,8-9H2,1-3H3,(H,21,24). The highest BCUT2D eigenvalue weighted by Gasteiger charge is 2.45. The third-order valence-electron chi connectivity index (χ3n) is 5.05. The maximum absolute atomic E-state index is 12.9. The van der Waals surface area contributed by atoms with Crippen molar-refractivity contribution in [2.24, 2.45) is 0 Å². The summed E-state index contributed by atoms with van der Waals surface area (Å²) < 4.78 is 10.1. The molecule has 1 unspecified atom stereocenters. The first-order valence-corrected chi connectivity index (χ1v) is 9.32. The van der Waals surface area contributed by atoms with Crippen molar-refractivity contribution in [3.63, 3.8) is 0 Å². The second-order valence-corrected chi connectivity index (χ2v) is 6.67. The molecule has 1 saturated heterocycles. The van der Waals surface area contributed by atoms with E-state index in [0.717, 1.165) is 0 Å². The van der Waals surface area contributed by atoms with Gasteiger partial charge in [0, 0.05) is 30.9 Å². The van der Waals surface area contributed by atoms with E-state index in [1.165, 1.54) is 25.3 Å². The van der Waals surface area contributed by atoms with Gasteiger partial charge in [-0.05, 0) is 19.4 Å². The Morgan fingerprint density at radius 3 is 2.67 bits per heavy atom. The van der Waals surface area contributed by atoms with Gasteiger partial charge >= 0.3 is 11.9 Å². The monoisotopic (exact) mass is 415 g/mol. The van der Waals surface area contributed by atoms with Crippen LogP contribution in [0, 0.1) is 10.1 Å². The fourth-order valence-electron chi connectivity index (χ4n) is 3.79. The van der Waals surface area contributed by atoms with E-state index in [4.69, 9.17) is 9.47 Å². The lowest BCUT2D eigenvalue weighted by atomic mass is 9.79. The Hall–Kier alpha value is -3.69. The number of methoxy groups -OCH3 is 1. The molecule has 2 aliphatic rings.